The molecule has 0 radical (unpaired) electrons. The van der Waals surface area contributed by atoms with E-state index in [-0.39, 0.29) is 23.4 Å². The predicted molar refractivity (Wildman–Crippen MR) is 151 cm³/mol. The third-order valence-corrected chi connectivity index (χ3v) is 7.40. The molecule has 1 aliphatic rings. The maximum atomic E-state index is 15.3. The first kappa shape index (κ1) is 28.3. The summed E-state index contributed by atoms with van der Waals surface area (Å²) in [6.07, 6.45) is -0.800. The van der Waals surface area contributed by atoms with Gasteiger partial charge in [0.2, 0.25) is 0 Å². The number of thiocarbonyl (C=S) groups is 1. The van der Waals surface area contributed by atoms with E-state index in [2.05, 4.69) is 26.6 Å². The molecule has 38 heavy (non-hydrogen) atoms. The maximum Gasteiger partial charge on any atom is 0.257 e. The van der Waals surface area contributed by atoms with Crippen LogP contribution in [-0.2, 0) is 21.6 Å². The third kappa shape index (κ3) is 6.84. The molecule has 0 spiro atoms. The largest absolute Gasteiger partial charge is 0.393 e. The van der Waals surface area contributed by atoms with Crippen molar-refractivity contribution in [2.45, 2.75) is 37.7 Å². The Morgan fingerprint density at radius 1 is 1.18 bits per heavy atom. The lowest BCUT2D eigenvalue weighted by molar-refractivity contribution is -0.124. The molecule has 0 saturated carbocycles. The lowest BCUT2D eigenvalue weighted by atomic mass is 9.71. The molecule has 4 atom stereocenters. The first-order valence-electron chi connectivity index (χ1n) is 12.3. The summed E-state index contributed by atoms with van der Waals surface area (Å²) in [5, 5.41) is 16.8. The molecule has 3 aromatic rings. The minimum absolute atomic E-state index is 0.00332. The molecule has 0 aliphatic carbocycles. The number of ether oxygens (including phenoxy) is 2. The first-order valence-corrected chi connectivity index (χ1v) is 13.5. The molecule has 1 amide bonds. The highest BCUT2D eigenvalue weighted by molar-refractivity contribution is 9.10. The average molecular weight is 602 g/mol. The zero-order chi connectivity index (χ0) is 27.1. The van der Waals surface area contributed by atoms with Gasteiger partial charge in [-0.1, -0.05) is 64.5 Å². The van der Waals surface area contributed by atoms with Gasteiger partial charge in [0.15, 0.2) is 5.11 Å². The number of hydrogen-bond acceptors (Lipinski definition) is 5. The molecule has 0 aromatic heterocycles. The van der Waals surface area contributed by atoms with Gasteiger partial charge in [-0.2, -0.15) is 0 Å². The molecule has 6 nitrogen and oxygen atoms in total. The van der Waals surface area contributed by atoms with Crippen LogP contribution in [0.2, 0.25) is 0 Å². The summed E-state index contributed by atoms with van der Waals surface area (Å²) >= 11 is 8.94. The smallest absolute Gasteiger partial charge is 0.257 e. The lowest BCUT2D eigenvalue weighted by Crippen LogP contribution is -2.63. The van der Waals surface area contributed by atoms with Crippen LogP contribution in [0.1, 0.15) is 34.8 Å². The third-order valence-electron chi connectivity index (χ3n) is 6.70. The zero-order valence-corrected chi connectivity index (χ0v) is 23.3. The van der Waals surface area contributed by atoms with Crippen LogP contribution in [0.25, 0.3) is 0 Å². The highest BCUT2D eigenvalue weighted by Gasteiger charge is 2.50. The van der Waals surface area contributed by atoms with Crippen molar-refractivity contribution >= 4 is 39.2 Å². The first-order chi connectivity index (χ1) is 18.3. The van der Waals surface area contributed by atoms with Crippen molar-refractivity contribution in [2.75, 3.05) is 13.2 Å². The second-order valence-corrected chi connectivity index (χ2v) is 10.7. The van der Waals surface area contributed by atoms with Crippen LogP contribution < -0.4 is 10.6 Å². The van der Waals surface area contributed by atoms with Crippen molar-refractivity contribution in [3.05, 3.63) is 106 Å². The highest BCUT2D eigenvalue weighted by atomic mass is 79.9. The van der Waals surface area contributed by atoms with Crippen molar-refractivity contribution in [2.24, 2.45) is 5.92 Å². The normalized spacial score (nSPS) is 21.9. The maximum absolute atomic E-state index is 15.3. The number of carbonyl (C=O) groups is 1. The Morgan fingerprint density at radius 2 is 1.87 bits per heavy atom. The van der Waals surface area contributed by atoms with Crippen LogP contribution in [0, 0.1) is 11.7 Å². The van der Waals surface area contributed by atoms with Gasteiger partial charge < -0.3 is 19.9 Å². The molecule has 1 heterocycles. The van der Waals surface area contributed by atoms with Gasteiger partial charge in [0.25, 0.3) is 5.91 Å². The Bertz CT molecular complexity index is 1250. The minimum Gasteiger partial charge on any atom is -0.393 e. The molecule has 0 unspecified atom stereocenters. The summed E-state index contributed by atoms with van der Waals surface area (Å²) in [4.78, 5) is 12.7. The summed E-state index contributed by atoms with van der Waals surface area (Å²) < 4.78 is 28.1. The van der Waals surface area contributed by atoms with Crippen molar-refractivity contribution in [1.29, 1.82) is 0 Å². The Morgan fingerprint density at radius 3 is 2.55 bits per heavy atom. The summed E-state index contributed by atoms with van der Waals surface area (Å²) in [6.45, 7) is 2.40. The number of benzene rings is 3. The van der Waals surface area contributed by atoms with Gasteiger partial charge in [-0.05, 0) is 61.5 Å². The van der Waals surface area contributed by atoms with Crippen LogP contribution in [0.4, 0.5) is 4.39 Å². The van der Waals surface area contributed by atoms with E-state index in [0.29, 0.717) is 29.7 Å². The van der Waals surface area contributed by atoms with Crippen LogP contribution in [0.5, 0.6) is 0 Å². The Balaban J connectivity index is 1.56. The Labute approximate surface area is 235 Å². The summed E-state index contributed by atoms with van der Waals surface area (Å²) in [7, 11) is 0. The SMILES string of the molecule is C[C@H](O)[C@@H]1C[C@H](COCc2ccccc2)OC[C@@]1(NC(=S)NC(=O)c1ccccc1)c1cc(Br)ccc1F. The van der Waals surface area contributed by atoms with Crippen molar-refractivity contribution < 1.29 is 23.8 Å². The number of carbonyl (C=O) groups excluding carboxylic acids is 1. The van der Waals surface area contributed by atoms with E-state index < -0.39 is 29.3 Å². The van der Waals surface area contributed by atoms with E-state index in [4.69, 9.17) is 21.7 Å². The van der Waals surface area contributed by atoms with Gasteiger partial charge >= 0.3 is 0 Å². The molecule has 1 fully saturated rings. The Hall–Kier alpha value is -2.69. The fourth-order valence-corrected chi connectivity index (χ4v) is 5.46. The number of aliphatic hydroxyl groups is 1. The monoisotopic (exact) mass is 600 g/mol. The van der Waals surface area contributed by atoms with Gasteiger partial charge in [0.1, 0.15) is 5.82 Å². The van der Waals surface area contributed by atoms with Gasteiger partial charge in [0.05, 0.1) is 37.6 Å². The van der Waals surface area contributed by atoms with Crippen LogP contribution in [-0.4, -0.2) is 41.5 Å². The van der Waals surface area contributed by atoms with Gasteiger partial charge in [0, 0.05) is 21.5 Å². The van der Waals surface area contributed by atoms with Crippen LogP contribution in [0.15, 0.2) is 83.3 Å². The minimum atomic E-state index is -1.25. The van der Waals surface area contributed by atoms with Crippen molar-refractivity contribution in [3.63, 3.8) is 0 Å². The zero-order valence-electron chi connectivity index (χ0n) is 20.9. The van der Waals surface area contributed by atoms with Crippen LogP contribution >= 0.6 is 28.1 Å². The molecule has 9 heteroatoms. The second kappa shape index (κ2) is 12.9. The average Bonchev–Trinajstić information content (AvgIpc) is 2.91. The van der Waals surface area contributed by atoms with Crippen molar-refractivity contribution in [1.82, 2.24) is 10.6 Å². The fourth-order valence-electron chi connectivity index (χ4n) is 4.83. The molecule has 4 rings (SSSR count). The summed E-state index contributed by atoms with van der Waals surface area (Å²) in [5.74, 6) is -1.40. The van der Waals surface area contributed by atoms with E-state index >= 15 is 4.39 Å². The second-order valence-electron chi connectivity index (χ2n) is 9.39. The number of nitrogens with one attached hydrogen (secondary N) is 2. The molecule has 3 aromatic carbocycles. The molecule has 0 bridgehead atoms. The molecular weight excluding hydrogens is 571 g/mol. The van der Waals surface area contributed by atoms with E-state index in [1.54, 1.807) is 43.3 Å². The highest BCUT2D eigenvalue weighted by Crippen LogP contribution is 2.42. The predicted octanol–water partition coefficient (Wildman–Crippen LogP) is 5.09. The molecule has 200 valence electrons. The molecule has 3 N–H and O–H groups in total. The fraction of sp³-hybridized carbons (Fsp3) is 0.310. The lowest BCUT2D eigenvalue weighted by Gasteiger charge is -2.49. The van der Waals surface area contributed by atoms with Gasteiger partial charge in [-0.3, -0.25) is 10.1 Å². The van der Waals surface area contributed by atoms with E-state index in [0.717, 1.165) is 5.56 Å². The van der Waals surface area contributed by atoms with E-state index in [1.165, 1.54) is 6.07 Å². The quantitative estimate of drug-likeness (QED) is 0.313. The molecule has 1 aliphatic heterocycles. The topological polar surface area (TPSA) is 79.8 Å². The number of aliphatic hydroxyl groups excluding tert-OH is 1. The van der Waals surface area contributed by atoms with Crippen LogP contribution in [0.3, 0.4) is 0 Å². The van der Waals surface area contributed by atoms with Gasteiger partial charge in [-0.25, -0.2) is 4.39 Å². The molecular formula is C29H30BrFN2O4S. The Kier molecular flexibility index (Phi) is 9.62. The standard InChI is InChI=1S/C29H30BrFN2O4S/c1-19(34)24-15-23(17-36-16-20-8-4-2-5-9-20)37-18-29(24,25-14-22(30)12-13-26(25)31)33-28(38)32-27(35)21-10-6-3-7-11-21/h2-14,19,23-24,34H,15-18H2,1H3,(H2,32,33,35,38)/t19-,23+,24-,29-/m0/s1. The number of amides is 1. The van der Waals surface area contributed by atoms with E-state index in [1.807, 2.05) is 36.4 Å². The molecule has 1 saturated heterocycles. The van der Waals surface area contributed by atoms with Crippen molar-refractivity contribution in [3.8, 4) is 0 Å². The number of hydrogen-bond donors (Lipinski definition) is 3. The van der Waals surface area contributed by atoms with Gasteiger partial charge in [-0.15, -0.1) is 0 Å². The summed E-state index contributed by atoms with van der Waals surface area (Å²) in [5.41, 5.74) is 0.501. The summed E-state index contributed by atoms with van der Waals surface area (Å²) in [6, 6.07) is 23.1. The van der Waals surface area contributed by atoms with E-state index in [9.17, 15) is 9.90 Å². The number of rotatable bonds is 8. The number of halogens is 2.